The lowest BCUT2D eigenvalue weighted by atomic mass is 9.89. The molecule has 3 heterocycles. The molecule has 0 unspecified atom stereocenters. The van der Waals surface area contributed by atoms with Gasteiger partial charge in [-0.15, -0.1) is 0 Å². The van der Waals surface area contributed by atoms with Crippen molar-refractivity contribution >= 4 is 15.9 Å². The summed E-state index contributed by atoms with van der Waals surface area (Å²) in [7, 11) is -3.17. The second kappa shape index (κ2) is 11.5. The van der Waals surface area contributed by atoms with Crippen molar-refractivity contribution in [2.24, 2.45) is 10.3 Å². The third-order valence-corrected chi connectivity index (χ3v) is 5.04. The molecule has 14 heteroatoms. The van der Waals surface area contributed by atoms with Gasteiger partial charge in [0.2, 0.25) is 15.6 Å². The van der Waals surface area contributed by atoms with Crippen LogP contribution < -0.4 is 5.14 Å². The van der Waals surface area contributed by atoms with E-state index < -0.39 is 57.8 Å². The number of oxime groups is 1. The molecule has 36 heavy (non-hydrogen) atoms. The smallest absolute Gasteiger partial charge is 0.266 e. The van der Waals surface area contributed by atoms with Crippen LogP contribution in [0.4, 0.5) is 26.3 Å². The summed E-state index contributed by atoms with van der Waals surface area (Å²) in [6.07, 6.45) is 1.03. The summed E-state index contributed by atoms with van der Waals surface area (Å²) in [5.41, 5.74) is -3.10. The van der Waals surface area contributed by atoms with E-state index >= 15 is 0 Å². The SMILES string of the molecule is CC.CS(N)(=O)=O.FC[C@@]1(c2ncc(F)cc2-c2c(F)cccc2F)CC(N2CCC(F)(F)C2)=NO1. The first kappa shape index (κ1) is 29.4. The number of amidine groups is 1. The number of nitrogens with zero attached hydrogens (tertiary/aromatic N) is 3. The van der Waals surface area contributed by atoms with Gasteiger partial charge < -0.3 is 9.74 Å². The molecule has 0 amide bonds. The minimum atomic E-state index is -3.17. The summed E-state index contributed by atoms with van der Waals surface area (Å²) in [6.45, 7) is 2.19. The molecule has 1 fully saturated rings. The maximum absolute atomic E-state index is 14.3. The van der Waals surface area contributed by atoms with Gasteiger partial charge >= 0.3 is 0 Å². The molecule has 2 aliphatic rings. The topological polar surface area (TPSA) is 97.9 Å². The number of benzene rings is 1. The van der Waals surface area contributed by atoms with Crippen LogP contribution in [0, 0.1) is 17.5 Å². The standard InChI is InChI=1S/C19H15F6N3O.C2H6.CH5NO2S/c20-9-18(7-15(27-29-18)28-5-4-19(24,25)10-28)17-12(6-11(21)8-26-17)16-13(22)2-1-3-14(16)23;1-2;1-5(2,3)4/h1-3,6,8H,4-5,7,9-10H2;1-2H3;1H3,(H2,2,3,4)/t18-;;/m1../s1. The first-order valence-electron chi connectivity index (χ1n) is 10.8. The number of aromatic nitrogens is 1. The fraction of sp³-hybridized carbons (Fsp3) is 0.455. The minimum Gasteiger partial charge on any atom is -0.378 e. The molecule has 0 spiro atoms. The molecular weight excluding hydrogens is 514 g/mol. The Hall–Kier alpha value is -2.87. The maximum Gasteiger partial charge on any atom is 0.266 e. The Kier molecular flexibility index (Phi) is 9.34. The summed E-state index contributed by atoms with van der Waals surface area (Å²) >= 11 is 0. The second-order valence-electron chi connectivity index (χ2n) is 7.91. The molecule has 1 saturated heterocycles. The number of alkyl halides is 3. The van der Waals surface area contributed by atoms with Crippen LogP contribution in [-0.2, 0) is 20.5 Å². The Bertz CT molecular complexity index is 1180. The van der Waals surface area contributed by atoms with Crippen LogP contribution in [0.25, 0.3) is 11.1 Å². The zero-order valence-electron chi connectivity index (χ0n) is 19.7. The van der Waals surface area contributed by atoms with Crippen molar-refractivity contribution in [3.05, 3.63) is 53.6 Å². The van der Waals surface area contributed by atoms with Crippen LogP contribution in [0.1, 0.15) is 32.4 Å². The number of likely N-dealkylation sites (tertiary alicyclic amines) is 1. The quantitative estimate of drug-likeness (QED) is 0.585. The molecule has 4 rings (SSSR count). The van der Waals surface area contributed by atoms with Crippen LogP contribution in [0.5, 0.6) is 0 Å². The van der Waals surface area contributed by atoms with E-state index in [4.69, 9.17) is 4.84 Å². The summed E-state index contributed by atoms with van der Waals surface area (Å²) in [5.74, 6) is -5.71. The predicted molar refractivity (Wildman–Crippen MR) is 122 cm³/mol. The highest BCUT2D eigenvalue weighted by Crippen LogP contribution is 2.42. The van der Waals surface area contributed by atoms with Crippen molar-refractivity contribution in [1.82, 2.24) is 9.88 Å². The highest BCUT2D eigenvalue weighted by atomic mass is 32.2. The van der Waals surface area contributed by atoms with Crippen LogP contribution in [-0.4, -0.2) is 56.1 Å². The van der Waals surface area contributed by atoms with Gasteiger partial charge in [0.05, 0.1) is 36.7 Å². The zero-order chi connectivity index (χ0) is 27.3. The molecular formula is C22H26F6N4O3S. The lowest BCUT2D eigenvalue weighted by molar-refractivity contribution is -0.0435. The molecule has 2 N–H and O–H groups in total. The van der Waals surface area contributed by atoms with Crippen molar-refractivity contribution in [2.45, 2.75) is 38.2 Å². The molecule has 0 radical (unpaired) electrons. The summed E-state index contributed by atoms with van der Waals surface area (Å²) < 4.78 is 103. The van der Waals surface area contributed by atoms with Gasteiger partial charge in [-0.25, -0.2) is 39.9 Å². The van der Waals surface area contributed by atoms with E-state index in [0.29, 0.717) is 0 Å². The van der Waals surface area contributed by atoms with Gasteiger partial charge in [-0.05, 0) is 18.2 Å². The summed E-state index contributed by atoms with van der Waals surface area (Å²) in [5, 5.41) is 8.06. The number of hydrogen-bond donors (Lipinski definition) is 1. The maximum atomic E-state index is 14.3. The molecule has 2 aromatic rings. The third kappa shape index (κ3) is 7.09. The minimum absolute atomic E-state index is 0.00318. The lowest BCUT2D eigenvalue weighted by Gasteiger charge is -2.26. The van der Waals surface area contributed by atoms with E-state index in [1.807, 2.05) is 13.8 Å². The largest absolute Gasteiger partial charge is 0.378 e. The van der Waals surface area contributed by atoms with Gasteiger partial charge in [0, 0.05) is 18.5 Å². The van der Waals surface area contributed by atoms with E-state index in [1.165, 1.54) is 4.90 Å². The van der Waals surface area contributed by atoms with E-state index in [-0.39, 0.29) is 36.5 Å². The van der Waals surface area contributed by atoms with Gasteiger partial charge in [0.15, 0.2) is 0 Å². The Balaban J connectivity index is 0.000000583. The van der Waals surface area contributed by atoms with Crippen molar-refractivity contribution in [1.29, 1.82) is 0 Å². The molecule has 200 valence electrons. The number of sulfonamides is 1. The Morgan fingerprint density at radius 3 is 2.25 bits per heavy atom. The number of halogens is 6. The van der Waals surface area contributed by atoms with Crippen molar-refractivity contribution in [3.8, 4) is 11.1 Å². The second-order valence-corrected chi connectivity index (χ2v) is 9.57. The molecule has 7 nitrogen and oxygen atoms in total. The average molecular weight is 541 g/mol. The van der Waals surface area contributed by atoms with Crippen molar-refractivity contribution in [3.63, 3.8) is 0 Å². The van der Waals surface area contributed by atoms with Gasteiger partial charge in [-0.1, -0.05) is 25.1 Å². The number of primary sulfonamides is 1. The normalized spacial score (nSPS) is 20.5. The average Bonchev–Trinajstić information content (AvgIpc) is 3.38. The first-order chi connectivity index (χ1) is 16.7. The Morgan fingerprint density at radius 2 is 1.75 bits per heavy atom. The number of hydrogen-bond acceptors (Lipinski definition) is 6. The number of rotatable bonds is 3. The van der Waals surface area contributed by atoms with Crippen molar-refractivity contribution < 1.29 is 39.6 Å². The van der Waals surface area contributed by atoms with E-state index in [1.54, 1.807) is 0 Å². The number of pyridine rings is 1. The molecule has 0 bridgehead atoms. The van der Waals surface area contributed by atoms with Gasteiger partial charge in [0.25, 0.3) is 5.92 Å². The van der Waals surface area contributed by atoms with E-state index in [0.717, 1.165) is 36.7 Å². The Morgan fingerprint density at radius 1 is 1.17 bits per heavy atom. The Labute approximate surface area is 205 Å². The molecule has 0 aliphatic carbocycles. The van der Waals surface area contributed by atoms with Gasteiger partial charge in [-0.3, -0.25) is 4.98 Å². The van der Waals surface area contributed by atoms with Crippen LogP contribution in [0.15, 0.2) is 35.6 Å². The summed E-state index contributed by atoms with van der Waals surface area (Å²) in [4.78, 5) is 10.4. The fourth-order valence-electron chi connectivity index (χ4n) is 3.60. The van der Waals surface area contributed by atoms with E-state index in [9.17, 15) is 34.8 Å². The molecule has 1 aromatic heterocycles. The number of nitrogens with two attached hydrogens (primary N) is 1. The van der Waals surface area contributed by atoms with Crippen LogP contribution in [0.3, 0.4) is 0 Å². The van der Waals surface area contributed by atoms with Crippen LogP contribution in [0.2, 0.25) is 0 Å². The molecule has 1 aromatic carbocycles. The summed E-state index contributed by atoms with van der Waals surface area (Å²) in [6, 6.07) is 3.90. The van der Waals surface area contributed by atoms with Gasteiger partial charge in [0.1, 0.15) is 30.0 Å². The highest BCUT2D eigenvalue weighted by Gasteiger charge is 2.49. The van der Waals surface area contributed by atoms with Crippen molar-refractivity contribution in [2.75, 3.05) is 26.0 Å². The first-order valence-corrected chi connectivity index (χ1v) is 12.7. The monoisotopic (exact) mass is 540 g/mol. The van der Waals surface area contributed by atoms with Crippen LogP contribution >= 0.6 is 0 Å². The fourth-order valence-corrected chi connectivity index (χ4v) is 3.60. The third-order valence-electron chi connectivity index (χ3n) is 5.04. The molecule has 2 aliphatic heterocycles. The zero-order valence-corrected chi connectivity index (χ0v) is 20.6. The highest BCUT2D eigenvalue weighted by molar-refractivity contribution is 7.88. The lowest BCUT2D eigenvalue weighted by Crippen LogP contribution is -2.36. The molecule has 1 atom stereocenters. The molecule has 0 saturated carbocycles. The van der Waals surface area contributed by atoms with Gasteiger partial charge in [-0.2, -0.15) is 0 Å². The van der Waals surface area contributed by atoms with E-state index in [2.05, 4.69) is 15.3 Å². The predicted octanol–water partition coefficient (Wildman–Crippen LogP) is 4.34.